The molecule has 1 heterocycles. The first kappa shape index (κ1) is 11.7. The van der Waals surface area contributed by atoms with E-state index in [-0.39, 0.29) is 5.78 Å². The van der Waals surface area contributed by atoms with Crippen molar-refractivity contribution in [3.05, 3.63) is 24.0 Å². The van der Waals surface area contributed by atoms with Crippen LogP contribution in [0, 0.1) is 0 Å². The number of nitrogens with zero attached hydrogens (tertiary/aromatic N) is 1. The van der Waals surface area contributed by atoms with Crippen LogP contribution >= 0.6 is 0 Å². The molecule has 4 heteroatoms. The van der Waals surface area contributed by atoms with E-state index in [1.807, 2.05) is 13.8 Å². The number of hydrogen-bond donors (Lipinski definition) is 2. The lowest BCUT2D eigenvalue weighted by atomic mass is 9.96. The van der Waals surface area contributed by atoms with Crippen molar-refractivity contribution in [2.45, 2.75) is 32.2 Å². The fourth-order valence-corrected chi connectivity index (χ4v) is 1.37. The summed E-state index contributed by atoms with van der Waals surface area (Å²) in [6.07, 6.45) is 3.88. The number of nitrogens with two attached hydrogens (primary N) is 2. The largest absolute Gasteiger partial charge is 0.398 e. The Hall–Kier alpha value is -1.42. The number of hydrogen-bond acceptors (Lipinski definition) is 4. The van der Waals surface area contributed by atoms with Gasteiger partial charge < -0.3 is 11.5 Å². The summed E-state index contributed by atoms with van der Waals surface area (Å²) in [5.74, 6) is 0.0854. The van der Waals surface area contributed by atoms with Gasteiger partial charge >= 0.3 is 0 Å². The molecule has 4 nitrogen and oxygen atoms in total. The number of carbonyl (C=O) groups excluding carboxylic acids is 1. The molecule has 1 aromatic rings. The fraction of sp³-hybridized carbons (Fsp3) is 0.455. The molecule has 0 spiro atoms. The number of ketones is 1. The van der Waals surface area contributed by atoms with Gasteiger partial charge in [0.1, 0.15) is 5.78 Å². The zero-order chi connectivity index (χ0) is 11.5. The Morgan fingerprint density at radius 2 is 2.20 bits per heavy atom. The van der Waals surface area contributed by atoms with Gasteiger partial charge in [0.15, 0.2) is 0 Å². The molecular weight excluding hydrogens is 190 g/mol. The maximum atomic E-state index is 11.6. The monoisotopic (exact) mass is 207 g/mol. The molecule has 0 saturated carbocycles. The molecule has 0 aromatic carbocycles. The number of carbonyl (C=O) groups is 1. The zero-order valence-corrected chi connectivity index (χ0v) is 9.16. The van der Waals surface area contributed by atoms with Crippen molar-refractivity contribution in [1.82, 2.24) is 4.98 Å². The maximum Gasteiger partial charge on any atom is 0.139 e. The highest BCUT2D eigenvalue weighted by atomic mass is 16.1. The van der Waals surface area contributed by atoms with Gasteiger partial charge in [0, 0.05) is 42.0 Å². The molecule has 0 atom stereocenters. The summed E-state index contributed by atoms with van der Waals surface area (Å²) in [5.41, 5.74) is 12.4. The molecule has 0 unspecified atom stereocenters. The van der Waals surface area contributed by atoms with Crippen molar-refractivity contribution in [2.24, 2.45) is 5.73 Å². The molecule has 0 bridgehead atoms. The van der Waals surface area contributed by atoms with Crippen LogP contribution in [0.2, 0.25) is 0 Å². The third kappa shape index (κ3) is 4.08. The lowest BCUT2D eigenvalue weighted by molar-refractivity contribution is -0.119. The van der Waals surface area contributed by atoms with Crippen LogP contribution in [-0.4, -0.2) is 16.3 Å². The number of nitrogen functional groups attached to an aromatic ring is 1. The van der Waals surface area contributed by atoms with Crippen LogP contribution in [0.25, 0.3) is 0 Å². The number of rotatable bonds is 4. The highest BCUT2D eigenvalue weighted by Crippen LogP contribution is 2.13. The lowest BCUT2D eigenvalue weighted by Crippen LogP contribution is -2.35. The van der Waals surface area contributed by atoms with Crippen molar-refractivity contribution < 1.29 is 4.79 Å². The fourth-order valence-electron chi connectivity index (χ4n) is 1.37. The summed E-state index contributed by atoms with van der Waals surface area (Å²) in [7, 11) is 0. The summed E-state index contributed by atoms with van der Waals surface area (Å²) in [6, 6.07) is 1.69. The van der Waals surface area contributed by atoms with Crippen LogP contribution in [0.15, 0.2) is 18.5 Å². The van der Waals surface area contributed by atoms with E-state index in [1.165, 1.54) is 0 Å². The van der Waals surface area contributed by atoms with Gasteiger partial charge in [-0.1, -0.05) is 0 Å². The second-order valence-electron chi connectivity index (χ2n) is 4.46. The first-order valence-corrected chi connectivity index (χ1v) is 4.87. The quantitative estimate of drug-likeness (QED) is 0.768. The van der Waals surface area contributed by atoms with Gasteiger partial charge in [0.25, 0.3) is 0 Å². The molecule has 1 aromatic heterocycles. The first-order chi connectivity index (χ1) is 6.88. The molecule has 0 aliphatic rings. The second kappa shape index (κ2) is 4.40. The number of Topliss-reactive ketones (excluding diaryl/α,β-unsaturated/α-hetero) is 1. The molecule has 15 heavy (non-hydrogen) atoms. The number of anilines is 1. The van der Waals surface area contributed by atoms with Crippen LogP contribution < -0.4 is 11.5 Å². The minimum Gasteiger partial charge on any atom is -0.398 e. The van der Waals surface area contributed by atoms with Crippen LogP contribution in [0.5, 0.6) is 0 Å². The highest BCUT2D eigenvalue weighted by molar-refractivity contribution is 5.83. The minimum atomic E-state index is -0.464. The van der Waals surface area contributed by atoms with E-state index < -0.39 is 5.54 Å². The zero-order valence-electron chi connectivity index (χ0n) is 9.16. The normalized spacial score (nSPS) is 11.4. The van der Waals surface area contributed by atoms with Crippen LogP contribution in [0.4, 0.5) is 5.69 Å². The Kier molecular flexibility index (Phi) is 3.42. The topological polar surface area (TPSA) is 82.0 Å². The van der Waals surface area contributed by atoms with Crippen molar-refractivity contribution in [2.75, 3.05) is 5.73 Å². The standard InChI is InChI=1S/C11H17N3O/c1-11(2,13)6-9(15)5-8-7-14-4-3-10(8)12/h3-4,7H,5-6,13H2,1-2H3,(H2,12,14). The number of aromatic nitrogens is 1. The first-order valence-electron chi connectivity index (χ1n) is 4.87. The van der Waals surface area contributed by atoms with Crippen LogP contribution in [0.1, 0.15) is 25.8 Å². The summed E-state index contributed by atoms with van der Waals surface area (Å²) in [6.45, 7) is 3.66. The van der Waals surface area contributed by atoms with Gasteiger partial charge in [-0.3, -0.25) is 9.78 Å². The van der Waals surface area contributed by atoms with E-state index in [1.54, 1.807) is 18.5 Å². The molecule has 0 aliphatic heterocycles. The average molecular weight is 207 g/mol. The van der Waals surface area contributed by atoms with Gasteiger partial charge in [-0.15, -0.1) is 0 Å². The summed E-state index contributed by atoms with van der Waals surface area (Å²) < 4.78 is 0. The Labute approximate surface area is 89.7 Å². The molecule has 0 saturated heterocycles. The van der Waals surface area contributed by atoms with Gasteiger partial charge in [-0.05, 0) is 19.9 Å². The van der Waals surface area contributed by atoms with Crippen molar-refractivity contribution in [1.29, 1.82) is 0 Å². The third-order valence-electron chi connectivity index (χ3n) is 1.98. The van der Waals surface area contributed by atoms with E-state index in [4.69, 9.17) is 11.5 Å². The third-order valence-corrected chi connectivity index (χ3v) is 1.98. The van der Waals surface area contributed by atoms with Gasteiger partial charge in [-0.25, -0.2) is 0 Å². The van der Waals surface area contributed by atoms with Crippen molar-refractivity contribution in [3.8, 4) is 0 Å². The molecule has 1 rings (SSSR count). The van der Waals surface area contributed by atoms with Crippen LogP contribution in [-0.2, 0) is 11.2 Å². The van der Waals surface area contributed by atoms with Gasteiger partial charge in [0.05, 0.1) is 0 Å². The Balaban J connectivity index is 2.64. The number of pyridine rings is 1. The second-order valence-corrected chi connectivity index (χ2v) is 4.46. The van der Waals surface area contributed by atoms with E-state index in [0.29, 0.717) is 18.5 Å². The van der Waals surface area contributed by atoms with Crippen LogP contribution in [0.3, 0.4) is 0 Å². The maximum absolute atomic E-state index is 11.6. The van der Waals surface area contributed by atoms with E-state index >= 15 is 0 Å². The molecular formula is C11H17N3O. The van der Waals surface area contributed by atoms with Gasteiger partial charge in [-0.2, -0.15) is 0 Å². The molecule has 0 fully saturated rings. The lowest BCUT2D eigenvalue weighted by Gasteiger charge is -2.17. The molecule has 0 amide bonds. The molecule has 4 N–H and O–H groups in total. The Bertz CT molecular complexity index is 355. The smallest absolute Gasteiger partial charge is 0.139 e. The Morgan fingerprint density at radius 1 is 1.53 bits per heavy atom. The average Bonchev–Trinajstić information content (AvgIpc) is 2.05. The molecule has 0 aliphatic carbocycles. The van der Waals surface area contributed by atoms with E-state index in [2.05, 4.69) is 4.98 Å². The van der Waals surface area contributed by atoms with E-state index in [9.17, 15) is 4.79 Å². The van der Waals surface area contributed by atoms with Crippen molar-refractivity contribution in [3.63, 3.8) is 0 Å². The molecule has 82 valence electrons. The predicted octanol–water partition coefficient (Wildman–Crippen LogP) is 0.903. The SMILES string of the molecule is CC(C)(N)CC(=O)Cc1cnccc1N. The highest BCUT2D eigenvalue weighted by Gasteiger charge is 2.17. The molecule has 0 radical (unpaired) electrons. The van der Waals surface area contributed by atoms with E-state index in [0.717, 1.165) is 5.56 Å². The predicted molar refractivity (Wildman–Crippen MR) is 60.2 cm³/mol. The summed E-state index contributed by atoms with van der Waals surface area (Å²) in [4.78, 5) is 15.5. The minimum absolute atomic E-state index is 0.0854. The summed E-state index contributed by atoms with van der Waals surface area (Å²) >= 11 is 0. The Morgan fingerprint density at radius 3 is 2.73 bits per heavy atom. The van der Waals surface area contributed by atoms with Gasteiger partial charge in [0.2, 0.25) is 0 Å². The van der Waals surface area contributed by atoms with Crippen molar-refractivity contribution >= 4 is 11.5 Å². The summed E-state index contributed by atoms with van der Waals surface area (Å²) in [5, 5.41) is 0.